The summed E-state index contributed by atoms with van der Waals surface area (Å²) in [6.45, 7) is 1.09. The van der Waals surface area contributed by atoms with Gasteiger partial charge >= 0.3 is 5.97 Å². The molecule has 0 atom stereocenters. The van der Waals surface area contributed by atoms with Crippen molar-refractivity contribution in [1.29, 1.82) is 0 Å². The van der Waals surface area contributed by atoms with Crippen LogP contribution in [-0.4, -0.2) is 37.0 Å². The van der Waals surface area contributed by atoms with Crippen LogP contribution in [0.4, 0.5) is 5.69 Å². The molecule has 5 nitrogen and oxygen atoms in total. The second-order valence-electron chi connectivity index (χ2n) is 4.83. The lowest BCUT2D eigenvalue weighted by molar-refractivity contribution is -0.146. The summed E-state index contributed by atoms with van der Waals surface area (Å²) in [6.07, 6.45) is 1.25. The molecule has 2 N–H and O–H groups in total. The second kappa shape index (κ2) is 6.13. The Labute approximate surface area is 122 Å². The molecular weight excluding hydrogens is 280 g/mol. The Morgan fingerprint density at radius 3 is 2.55 bits per heavy atom. The van der Waals surface area contributed by atoms with Gasteiger partial charge in [0.2, 0.25) is 0 Å². The highest BCUT2D eigenvalue weighted by molar-refractivity contribution is 6.33. The van der Waals surface area contributed by atoms with Gasteiger partial charge in [0.05, 0.1) is 23.7 Å². The summed E-state index contributed by atoms with van der Waals surface area (Å²) in [5.41, 5.74) is 6.61. The average Bonchev–Trinajstić information content (AvgIpc) is 2.48. The van der Waals surface area contributed by atoms with E-state index in [2.05, 4.69) is 0 Å². The largest absolute Gasteiger partial charge is 0.469 e. The van der Waals surface area contributed by atoms with E-state index in [0.29, 0.717) is 42.2 Å². The third kappa shape index (κ3) is 3.04. The Morgan fingerprint density at radius 1 is 1.35 bits per heavy atom. The highest BCUT2D eigenvalue weighted by Gasteiger charge is 2.28. The van der Waals surface area contributed by atoms with Crippen LogP contribution < -0.4 is 5.73 Å². The highest BCUT2D eigenvalue weighted by Crippen LogP contribution is 2.23. The van der Waals surface area contributed by atoms with Crippen molar-refractivity contribution in [3.8, 4) is 0 Å². The molecule has 108 valence electrons. The first-order chi connectivity index (χ1) is 9.52. The monoisotopic (exact) mass is 296 g/mol. The van der Waals surface area contributed by atoms with Gasteiger partial charge in [-0.1, -0.05) is 11.6 Å². The van der Waals surface area contributed by atoms with E-state index in [1.165, 1.54) is 7.11 Å². The highest BCUT2D eigenvalue weighted by atomic mass is 35.5. The summed E-state index contributed by atoms with van der Waals surface area (Å²) in [5.74, 6) is -0.399. The third-order valence-electron chi connectivity index (χ3n) is 3.56. The molecule has 0 saturated carbocycles. The number of nitrogens with zero attached hydrogens (tertiary/aromatic N) is 1. The van der Waals surface area contributed by atoms with Gasteiger partial charge in [-0.2, -0.15) is 0 Å². The van der Waals surface area contributed by atoms with Crippen LogP contribution >= 0.6 is 11.6 Å². The molecular formula is C14H17ClN2O3. The van der Waals surface area contributed by atoms with Gasteiger partial charge in [-0.25, -0.2) is 0 Å². The summed E-state index contributed by atoms with van der Waals surface area (Å²) in [6, 6.07) is 4.86. The molecule has 1 heterocycles. The lowest BCUT2D eigenvalue weighted by atomic mass is 9.96. The molecule has 1 saturated heterocycles. The quantitative estimate of drug-likeness (QED) is 0.669. The number of carbonyl (C=O) groups is 2. The number of ether oxygens (including phenoxy) is 1. The minimum Gasteiger partial charge on any atom is -0.469 e. The number of esters is 1. The first-order valence-corrected chi connectivity index (χ1v) is 6.83. The predicted molar refractivity (Wildman–Crippen MR) is 76.5 cm³/mol. The molecule has 1 aliphatic rings. The van der Waals surface area contributed by atoms with Gasteiger partial charge in [0.1, 0.15) is 0 Å². The topological polar surface area (TPSA) is 72.6 Å². The summed E-state index contributed by atoms with van der Waals surface area (Å²) in [4.78, 5) is 25.5. The number of amides is 1. The Kier molecular flexibility index (Phi) is 4.49. The van der Waals surface area contributed by atoms with Gasteiger partial charge in [0.15, 0.2) is 0 Å². The molecule has 0 spiro atoms. The van der Waals surface area contributed by atoms with Crippen LogP contribution in [0, 0.1) is 5.92 Å². The number of carbonyl (C=O) groups excluding carboxylic acids is 2. The Balaban J connectivity index is 2.01. The maximum Gasteiger partial charge on any atom is 0.308 e. The number of hydrogen-bond acceptors (Lipinski definition) is 4. The van der Waals surface area contributed by atoms with Crippen LogP contribution in [0.1, 0.15) is 23.2 Å². The van der Waals surface area contributed by atoms with Gasteiger partial charge in [0, 0.05) is 18.7 Å². The molecule has 1 aromatic rings. The summed E-state index contributed by atoms with van der Waals surface area (Å²) < 4.78 is 4.73. The van der Waals surface area contributed by atoms with Crippen LogP contribution in [-0.2, 0) is 9.53 Å². The number of piperidine rings is 1. The molecule has 0 bridgehead atoms. The second-order valence-corrected chi connectivity index (χ2v) is 5.23. The van der Waals surface area contributed by atoms with Crippen molar-refractivity contribution in [2.24, 2.45) is 5.92 Å². The van der Waals surface area contributed by atoms with E-state index in [9.17, 15) is 9.59 Å². The maximum atomic E-state index is 12.3. The maximum absolute atomic E-state index is 12.3. The van der Waals surface area contributed by atoms with Crippen LogP contribution in [0.25, 0.3) is 0 Å². The van der Waals surface area contributed by atoms with E-state index in [1.54, 1.807) is 23.1 Å². The minimum absolute atomic E-state index is 0.0864. The summed E-state index contributed by atoms with van der Waals surface area (Å²) in [7, 11) is 1.39. The fraction of sp³-hybridized carbons (Fsp3) is 0.429. The van der Waals surface area contributed by atoms with Crippen molar-refractivity contribution in [2.75, 3.05) is 25.9 Å². The predicted octanol–water partition coefficient (Wildman–Crippen LogP) is 1.95. The lowest BCUT2D eigenvalue weighted by Crippen LogP contribution is -2.40. The Morgan fingerprint density at radius 2 is 2.00 bits per heavy atom. The van der Waals surface area contributed by atoms with Crippen LogP contribution in [0.5, 0.6) is 0 Å². The van der Waals surface area contributed by atoms with Gasteiger partial charge in [0.25, 0.3) is 5.91 Å². The van der Waals surface area contributed by atoms with Crippen molar-refractivity contribution in [2.45, 2.75) is 12.8 Å². The van der Waals surface area contributed by atoms with Crippen molar-refractivity contribution >= 4 is 29.2 Å². The Bertz CT molecular complexity index is 525. The van der Waals surface area contributed by atoms with Gasteiger partial charge in [-0.05, 0) is 31.0 Å². The van der Waals surface area contributed by atoms with Crippen molar-refractivity contribution < 1.29 is 14.3 Å². The standard InChI is InChI=1S/C14H17ClN2O3/c1-20-14(19)9-4-6-17(7-5-9)13(18)10-2-3-11(15)12(16)8-10/h2-3,8-9H,4-7,16H2,1H3. The molecule has 1 fully saturated rings. The van der Waals surface area contributed by atoms with Gasteiger partial charge in [-0.15, -0.1) is 0 Å². The van der Waals surface area contributed by atoms with E-state index in [0.717, 1.165) is 0 Å². The Hall–Kier alpha value is -1.75. The van der Waals surface area contributed by atoms with E-state index in [4.69, 9.17) is 22.1 Å². The average molecular weight is 297 g/mol. The molecule has 0 radical (unpaired) electrons. The molecule has 6 heteroatoms. The number of anilines is 1. The molecule has 0 aromatic heterocycles. The fourth-order valence-corrected chi connectivity index (χ4v) is 2.46. The molecule has 20 heavy (non-hydrogen) atoms. The van der Waals surface area contributed by atoms with Gasteiger partial charge < -0.3 is 15.4 Å². The first-order valence-electron chi connectivity index (χ1n) is 6.45. The SMILES string of the molecule is COC(=O)C1CCN(C(=O)c2ccc(Cl)c(N)c2)CC1. The number of benzene rings is 1. The number of hydrogen-bond donors (Lipinski definition) is 1. The number of halogens is 1. The molecule has 0 aliphatic carbocycles. The van der Waals surface area contributed by atoms with E-state index < -0.39 is 0 Å². The number of nitrogens with two attached hydrogens (primary N) is 1. The van der Waals surface area contributed by atoms with Gasteiger partial charge in [-0.3, -0.25) is 9.59 Å². The zero-order valence-corrected chi connectivity index (χ0v) is 12.0. The van der Waals surface area contributed by atoms with E-state index in [-0.39, 0.29) is 17.8 Å². The zero-order chi connectivity index (χ0) is 14.7. The molecule has 0 unspecified atom stereocenters. The molecule has 2 rings (SSSR count). The van der Waals surface area contributed by atoms with Crippen molar-refractivity contribution in [3.63, 3.8) is 0 Å². The summed E-state index contributed by atoms with van der Waals surface area (Å²) >= 11 is 5.84. The number of likely N-dealkylation sites (tertiary alicyclic amines) is 1. The molecule has 1 aliphatic heterocycles. The third-order valence-corrected chi connectivity index (χ3v) is 3.90. The first kappa shape index (κ1) is 14.7. The van der Waals surface area contributed by atoms with Crippen molar-refractivity contribution in [3.05, 3.63) is 28.8 Å². The normalized spacial score (nSPS) is 16.0. The van der Waals surface area contributed by atoms with Crippen LogP contribution in [0.3, 0.4) is 0 Å². The van der Waals surface area contributed by atoms with Crippen LogP contribution in [0.15, 0.2) is 18.2 Å². The fourth-order valence-electron chi connectivity index (χ4n) is 2.34. The number of methoxy groups -OCH3 is 1. The molecule has 1 aromatic carbocycles. The minimum atomic E-state index is -0.201. The van der Waals surface area contributed by atoms with Crippen LogP contribution in [0.2, 0.25) is 5.02 Å². The van der Waals surface area contributed by atoms with E-state index in [1.807, 2.05) is 0 Å². The van der Waals surface area contributed by atoms with Crippen molar-refractivity contribution in [1.82, 2.24) is 4.90 Å². The number of rotatable bonds is 2. The zero-order valence-electron chi connectivity index (χ0n) is 11.3. The summed E-state index contributed by atoms with van der Waals surface area (Å²) in [5, 5.41) is 0.436. The van der Waals surface area contributed by atoms with E-state index >= 15 is 0 Å². The lowest BCUT2D eigenvalue weighted by Gasteiger charge is -2.30. The number of nitrogen functional groups attached to an aromatic ring is 1. The molecule has 1 amide bonds. The smallest absolute Gasteiger partial charge is 0.308 e.